The molecule has 2 aromatic rings. The van der Waals surface area contributed by atoms with E-state index >= 15 is 0 Å². The standard InChI is InChI=1S/C13H13BrN2O3S2/c14-11-6-8-20-12(11)13(17)16-7-5-9-1-3-10(4-2-9)21(15,18)19/h1-4,6,8H,5,7H2,(H,16,17)(H2,15,18,19). The Morgan fingerprint density at radius 3 is 2.43 bits per heavy atom. The van der Waals surface area contributed by atoms with E-state index in [2.05, 4.69) is 21.2 Å². The van der Waals surface area contributed by atoms with Gasteiger partial charge in [-0.25, -0.2) is 13.6 Å². The number of carbonyl (C=O) groups excluding carboxylic acids is 1. The molecule has 0 fully saturated rings. The zero-order chi connectivity index (χ0) is 15.5. The number of nitrogens with two attached hydrogens (primary N) is 1. The van der Waals surface area contributed by atoms with E-state index in [4.69, 9.17) is 5.14 Å². The lowest BCUT2D eigenvalue weighted by atomic mass is 10.1. The van der Waals surface area contributed by atoms with Gasteiger partial charge in [0, 0.05) is 11.0 Å². The van der Waals surface area contributed by atoms with Crippen molar-refractivity contribution in [3.05, 3.63) is 50.6 Å². The lowest BCUT2D eigenvalue weighted by molar-refractivity contribution is 0.0957. The molecule has 3 N–H and O–H groups in total. The number of thiophene rings is 1. The highest BCUT2D eigenvalue weighted by molar-refractivity contribution is 9.10. The Hall–Kier alpha value is -1.22. The van der Waals surface area contributed by atoms with Crippen molar-refractivity contribution in [2.45, 2.75) is 11.3 Å². The summed E-state index contributed by atoms with van der Waals surface area (Å²) in [6.07, 6.45) is 0.611. The number of amides is 1. The van der Waals surface area contributed by atoms with Crippen LogP contribution in [0.25, 0.3) is 0 Å². The Kier molecular flexibility index (Phi) is 5.15. The molecule has 0 bridgehead atoms. The Balaban J connectivity index is 1.89. The summed E-state index contributed by atoms with van der Waals surface area (Å²) in [6.45, 7) is 0.470. The molecule has 0 saturated heterocycles. The van der Waals surface area contributed by atoms with Gasteiger partial charge in [0.25, 0.3) is 5.91 Å². The van der Waals surface area contributed by atoms with Crippen LogP contribution in [0.5, 0.6) is 0 Å². The van der Waals surface area contributed by atoms with Crippen molar-refractivity contribution < 1.29 is 13.2 Å². The van der Waals surface area contributed by atoms with Crippen molar-refractivity contribution in [2.75, 3.05) is 6.54 Å². The van der Waals surface area contributed by atoms with Gasteiger partial charge in [0.1, 0.15) is 4.88 Å². The Labute approximate surface area is 135 Å². The third-order valence-electron chi connectivity index (χ3n) is 2.77. The molecular formula is C13H13BrN2O3S2. The molecular weight excluding hydrogens is 376 g/mol. The highest BCUT2D eigenvalue weighted by Crippen LogP contribution is 2.22. The predicted octanol–water partition coefficient (Wildman–Crippen LogP) is 2.13. The monoisotopic (exact) mass is 388 g/mol. The van der Waals surface area contributed by atoms with Crippen LogP contribution in [-0.2, 0) is 16.4 Å². The quantitative estimate of drug-likeness (QED) is 0.821. The first-order valence-electron chi connectivity index (χ1n) is 6.01. The summed E-state index contributed by atoms with van der Waals surface area (Å²) >= 11 is 4.68. The fourth-order valence-corrected chi connectivity index (χ4v) is 3.69. The smallest absolute Gasteiger partial charge is 0.262 e. The van der Waals surface area contributed by atoms with Crippen molar-refractivity contribution in [1.29, 1.82) is 0 Å². The highest BCUT2D eigenvalue weighted by Gasteiger charge is 2.11. The van der Waals surface area contributed by atoms with Crippen molar-refractivity contribution in [3.63, 3.8) is 0 Å². The van der Waals surface area contributed by atoms with Gasteiger partial charge >= 0.3 is 0 Å². The summed E-state index contributed by atoms with van der Waals surface area (Å²) in [5.74, 6) is -0.127. The number of nitrogens with one attached hydrogen (secondary N) is 1. The van der Waals surface area contributed by atoms with Gasteiger partial charge in [-0.15, -0.1) is 11.3 Å². The topological polar surface area (TPSA) is 89.3 Å². The van der Waals surface area contributed by atoms with Crippen LogP contribution in [0.15, 0.2) is 45.1 Å². The third kappa shape index (κ3) is 4.37. The van der Waals surface area contributed by atoms with Crippen LogP contribution in [0, 0.1) is 0 Å². The van der Waals surface area contributed by atoms with E-state index in [9.17, 15) is 13.2 Å². The molecule has 0 aliphatic carbocycles. The summed E-state index contributed by atoms with van der Waals surface area (Å²) in [4.78, 5) is 12.6. The average Bonchev–Trinajstić information content (AvgIpc) is 2.84. The maximum atomic E-state index is 11.9. The molecule has 8 heteroatoms. The maximum absolute atomic E-state index is 11.9. The number of rotatable bonds is 5. The van der Waals surface area contributed by atoms with Crippen molar-refractivity contribution in [3.8, 4) is 0 Å². The lowest BCUT2D eigenvalue weighted by Crippen LogP contribution is -2.25. The number of benzene rings is 1. The van der Waals surface area contributed by atoms with E-state index in [1.165, 1.54) is 23.5 Å². The van der Waals surface area contributed by atoms with Crippen LogP contribution < -0.4 is 10.5 Å². The van der Waals surface area contributed by atoms with E-state index < -0.39 is 10.0 Å². The van der Waals surface area contributed by atoms with E-state index in [0.29, 0.717) is 17.8 Å². The van der Waals surface area contributed by atoms with E-state index in [1.807, 2.05) is 11.4 Å². The zero-order valence-corrected chi connectivity index (χ0v) is 14.1. The molecule has 2 rings (SSSR count). The minimum Gasteiger partial charge on any atom is -0.351 e. The highest BCUT2D eigenvalue weighted by atomic mass is 79.9. The molecule has 0 aliphatic rings. The van der Waals surface area contributed by atoms with Gasteiger partial charge in [-0.05, 0) is 51.5 Å². The molecule has 0 unspecified atom stereocenters. The number of hydrogen-bond acceptors (Lipinski definition) is 4. The Morgan fingerprint density at radius 1 is 1.24 bits per heavy atom. The number of sulfonamides is 1. The van der Waals surface area contributed by atoms with E-state index in [0.717, 1.165) is 10.0 Å². The second-order valence-electron chi connectivity index (χ2n) is 4.29. The molecule has 112 valence electrons. The van der Waals surface area contributed by atoms with Crippen LogP contribution in [0.3, 0.4) is 0 Å². The van der Waals surface area contributed by atoms with Crippen molar-refractivity contribution >= 4 is 43.2 Å². The summed E-state index contributed by atoms with van der Waals surface area (Å²) in [5.41, 5.74) is 0.924. The zero-order valence-electron chi connectivity index (χ0n) is 10.9. The molecule has 0 saturated carbocycles. The first kappa shape index (κ1) is 16.2. The lowest BCUT2D eigenvalue weighted by Gasteiger charge is -2.05. The normalized spacial score (nSPS) is 11.3. The van der Waals surface area contributed by atoms with Gasteiger partial charge in [0.2, 0.25) is 10.0 Å². The maximum Gasteiger partial charge on any atom is 0.262 e. The number of carbonyl (C=O) groups is 1. The molecule has 0 atom stereocenters. The Bertz CT molecular complexity index is 739. The Morgan fingerprint density at radius 2 is 1.90 bits per heavy atom. The molecule has 1 heterocycles. The number of hydrogen-bond donors (Lipinski definition) is 2. The molecule has 0 aliphatic heterocycles. The van der Waals surface area contributed by atoms with Crippen LogP contribution in [0.2, 0.25) is 0 Å². The van der Waals surface area contributed by atoms with Gasteiger partial charge < -0.3 is 5.32 Å². The van der Waals surface area contributed by atoms with Crippen LogP contribution in [0.1, 0.15) is 15.2 Å². The average molecular weight is 389 g/mol. The number of primary sulfonamides is 1. The molecule has 21 heavy (non-hydrogen) atoms. The number of halogens is 1. The summed E-state index contributed by atoms with van der Waals surface area (Å²) in [7, 11) is -3.66. The van der Waals surface area contributed by atoms with Gasteiger partial charge in [-0.1, -0.05) is 12.1 Å². The molecule has 0 radical (unpaired) electrons. The van der Waals surface area contributed by atoms with E-state index in [1.54, 1.807) is 12.1 Å². The fraction of sp³-hybridized carbons (Fsp3) is 0.154. The summed E-state index contributed by atoms with van der Waals surface area (Å²) < 4.78 is 23.0. The molecule has 1 amide bonds. The second kappa shape index (κ2) is 6.69. The minimum atomic E-state index is -3.66. The first-order chi connectivity index (χ1) is 9.88. The SMILES string of the molecule is NS(=O)(=O)c1ccc(CCNC(=O)c2sccc2Br)cc1. The molecule has 1 aromatic carbocycles. The fourth-order valence-electron chi connectivity index (χ4n) is 1.70. The van der Waals surface area contributed by atoms with Gasteiger partial charge in [-0.2, -0.15) is 0 Å². The molecule has 5 nitrogen and oxygen atoms in total. The second-order valence-corrected chi connectivity index (χ2v) is 7.62. The van der Waals surface area contributed by atoms with Crippen LogP contribution >= 0.6 is 27.3 Å². The summed E-state index contributed by atoms with van der Waals surface area (Å²) in [6, 6.07) is 8.12. The van der Waals surface area contributed by atoms with Gasteiger partial charge in [-0.3, -0.25) is 4.79 Å². The largest absolute Gasteiger partial charge is 0.351 e. The minimum absolute atomic E-state index is 0.0813. The van der Waals surface area contributed by atoms with Crippen LogP contribution in [0.4, 0.5) is 0 Å². The summed E-state index contributed by atoms with van der Waals surface area (Å²) in [5, 5.41) is 9.68. The van der Waals surface area contributed by atoms with E-state index in [-0.39, 0.29) is 10.8 Å². The third-order valence-corrected chi connectivity index (χ3v) is 5.54. The molecule has 1 aromatic heterocycles. The van der Waals surface area contributed by atoms with Crippen molar-refractivity contribution in [1.82, 2.24) is 5.32 Å². The van der Waals surface area contributed by atoms with Crippen LogP contribution in [-0.4, -0.2) is 20.9 Å². The van der Waals surface area contributed by atoms with Gasteiger partial charge in [0.15, 0.2) is 0 Å². The van der Waals surface area contributed by atoms with Crippen molar-refractivity contribution in [2.24, 2.45) is 5.14 Å². The molecule has 0 spiro atoms. The first-order valence-corrected chi connectivity index (χ1v) is 9.23. The van der Waals surface area contributed by atoms with Gasteiger partial charge in [0.05, 0.1) is 4.90 Å². The predicted molar refractivity (Wildman–Crippen MR) is 85.9 cm³/mol.